The van der Waals surface area contributed by atoms with Crippen LogP contribution in [0.1, 0.15) is 31.5 Å². The Morgan fingerprint density at radius 1 is 1.25 bits per heavy atom. The van der Waals surface area contributed by atoms with Crippen LogP contribution in [0.4, 0.5) is 8.78 Å². The summed E-state index contributed by atoms with van der Waals surface area (Å²) in [7, 11) is 0. The van der Waals surface area contributed by atoms with Crippen LogP contribution in [-0.2, 0) is 0 Å². The number of hydrogen-bond acceptors (Lipinski definition) is 5. The second-order valence-corrected chi connectivity index (χ2v) is 5.81. The first-order chi connectivity index (χ1) is 11.6. The highest BCUT2D eigenvalue weighted by Gasteiger charge is 2.29. The number of imidazole rings is 1. The lowest BCUT2D eigenvalue weighted by molar-refractivity contribution is 0.319. The third kappa shape index (κ3) is 2.31. The van der Waals surface area contributed by atoms with Crippen molar-refractivity contribution >= 4 is 16.7 Å². The molecule has 0 saturated heterocycles. The Morgan fingerprint density at radius 3 is 2.71 bits per heavy atom. The van der Waals surface area contributed by atoms with Crippen LogP contribution in [0.3, 0.4) is 0 Å². The molecule has 1 aliphatic carbocycles. The van der Waals surface area contributed by atoms with Crippen molar-refractivity contribution in [3.8, 4) is 11.4 Å². The fourth-order valence-electron chi connectivity index (χ4n) is 2.71. The summed E-state index contributed by atoms with van der Waals surface area (Å²) < 4.78 is 29.1. The lowest BCUT2D eigenvalue weighted by atomic mass is 10.2. The SMILES string of the molecule is C/C(=N/O)c1cc(-c2nc3cc(F)c(F)cc3n2C2CC2)cnn1. The molecule has 4 rings (SSSR count). The summed E-state index contributed by atoms with van der Waals surface area (Å²) in [5, 5.41) is 19.8. The summed E-state index contributed by atoms with van der Waals surface area (Å²) in [6, 6.07) is 4.17. The first kappa shape index (κ1) is 14.7. The van der Waals surface area contributed by atoms with Gasteiger partial charge in [0.25, 0.3) is 0 Å². The van der Waals surface area contributed by atoms with Gasteiger partial charge in [-0.15, -0.1) is 5.10 Å². The van der Waals surface area contributed by atoms with Gasteiger partial charge < -0.3 is 9.77 Å². The molecule has 1 aromatic carbocycles. The molecule has 2 heterocycles. The Kier molecular flexibility index (Phi) is 3.26. The van der Waals surface area contributed by atoms with E-state index in [1.165, 1.54) is 12.3 Å². The maximum Gasteiger partial charge on any atom is 0.161 e. The molecule has 0 radical (unpaired) electrons. The van der Waals surface area contributed by atoms with Crippen molar-refractivity contribution in [2.45, 2.75) is 25.8 Å². The third-order valence-corrected chi connectivity index (χ3v) is 4.08. The lowest BCUT2D eigenvalue weighted by Gasteiger charge is -2.08. The van der Waals surface area contributed by atoms with E-state index in [2.05, 4.69) is 20.3 Å². The van der Waals surface area contributed by atoms with Crippen LogP contribution in [-0.4, -0.2) is 30.7 Å². The van der Waals surface area contributed by atoms with Crippen molar-refractivity contribution in [3.63, 3.8) is 0 Å². The third-order valence-electron chi connectivity index (χ3n) is 4.08. The summed E-state index contributed by atoms with van der Waals surface area (Å²) in [5.74, 6) is -1.25. The maximum atomic E-state index is 13.7. The Labute approximate surface area is 135 Å². The molecule has 6 nitrogen and oxygen atoms in total. The van der Waals surface area contributed by atoms with Crippen LogP contribution in [0, 0.1) is 11.6 Å². The van der Waals surface area contributed by atoms with Gasteiger partial charge in [-0.1, -0.05) is 5.16 Å². The average molecular weight is 329 g/mol. The summed E-state index contributed by atoms with van der Waals surface area (Å²) in [4.78, 5) is 4.46. The predicted molar refractivity (Wildman–Crippen MR) is 82.9 cm³/mol. The van der Waals surface area contributed by atoms with Gasteiger partial charge in [0.15, 0.2) is 11.6 Å². The van der Waals surface area contributed by atoms with Gasteiger partial charge in [-0.05, 0) is 25.8 Å². The van der Waals surface area contributed by atoms with Crippen molar-refractivity contribution in [1.82, 2.24) is 19.7 Å². The van der Waals surface area contributed by atoms with E-state index in [1.54, 1.807) is 13.0 Å². The van der Waals surface area contributed by atoms with Crippen LogP contribution >= 0.6 is 0 Å². The number of nitrogens with zero attached hydrogens (tertiary/aromatic N) is 5. The van der Waals surface area contributed by atoms with E-state index in [9.17, 15) is 8.78 Å². The molecule has 2 aromatic heterocycles. The molecule has 1 fully saturated rings. The summed E-state index contributed by atoms with van der Waals surface area (Å²) in [6.07, 6.45) is 3.45. The van der Waals surface area contributed by atoms with E-state index < -0.39 is 11.6 Å². The Balaban J connectivity index is 1.95. The molecule has 122 valence electrons. The van der Waals surface area contributed by atoms with Crippen molar-refractivity contribution in [3.05, 3.63) is 41.7 Å². The monoisotopic (exact) mass is 329 g/mol. The quantitative estimate of drug-likeness (QED) is 0.454. The molecule has 24 heavy (non-hydrogen) atoms. The summed E-state index contributed by atoms with van der Waals surface area (Å²) >= 11 is 0. The second kappa shape index (κ2) is 5.33. The van der Waals surface area contributed by atoms with Gasteiger partial charge in [-0.3, -0.25) is 0 Å². The van der Waals surface area contributed by atoms with Gasteiger partial charge in [0.2, 0.25) is 0 Å². The van der Waals surface area contributed by atoms with E-state index in [-0.39, 0.29) is 6.04 Å². The van der Waals surface area contributed by atoms with E-state index in [1.807, 2.05) is 4.57 Å². The molecule has 0 amide bonds. The molecule has 1 aliphatic rings. The van der Waals surface area contributed by atoms with Crippen LogP contribution in [0.25, 0.3) is 22.4 Å². The first-order valence-corrected chi connectivity index (χ1v) is 7.47. The fourth-order valence-corrected chi connectivity index (χ4v) is 2.71. The largest absolute Gasteiger partial charge is 0.411 e. The minimum Gasteiger partial charge on any atom is -0.411 e. The highest BCUT2D eigenvalue weighted by Crippen LogP contribution is 2.41. The van der Waals surface area contributed by atoms with Crippen molar-refractivity contribution in [2.24, 2.45) is 5.16 Å². The highest BCUT2D eigenvalue weighted by molar-refractivity contribution is 5.97. The van der Waals surface area contributed by atoms with E-state index >= 15 is 0 Å². The molecule has 0 unspecified atom stereocenters. The van der Waals surface area contributed by atoms with Gasteiger partial charge in [0.05, 0.1) is 17.2 Å². The topological polar surface area (TPSA) is 76.2 Å². The molecule has 0 atom stereocenters. The molecule has 0 bridgehead atoms. The molecule has 0 aliphatic heterocycles. The Morgan fingerprint density at radius 2 is 2.00 bits per heavy atom. The zero-order chi connectivity index (χ0) is 16.8. The maximum absolute atomic E-state index is 13.7. The molecular formula is C16H13F2N5O. The predicted octanol–water partition coefficient (Wildman–Crippen LogP) is 3.30. The van der Waals surface area contributed by atoms with E-state index in [4.69, 9.17) is 5.21 Å². The fraction of sp³-hybridized carbons (Fsp3) is 0.250. The molecular weight excluding hydrogens is 316 g/mol. The van der Waals surface area contributed by atoms with Gasteiger partial charge in [0, 0.05) is 23.7 Å². The Bertz CT molecular complexity index is 978. The average Bonchev–Trinajstić information content (AvgIpc) is 3.37. The number of hydrogen-bond donors (Lipinski definition) is 1. The van der Waals surface area contributed by atoms with Crippen molar-refractivity contribution in [2.75, 3.05) is 0 Å². The minimum atomic E-state index is -0.925. The smallest absolute Gasteiger partial charge is 0.161 e. The Hall–Kier alpha value is -2.90. The number of rotatable bonds is 3. The van der Waals surface area contributed by atoms with Crippen molar-refractivity contribution < 1.29 is 14.0 Å². The summed E-state index contributed by atoms with van der Waals surface area (Å²) in [5.41, 5.74) is 2.31. The van der Waals surface area contributed by atoms with Gasteiger partial charge in [0.1, 0.15) is 17.2 Å². The minimum absolute atomic E-state index is 0.207. The highest BCUT2D eigenvalue weighted by atomic mass is 19.2. The normalized spacial score (nSPS) is 15.2. The van der Waals surface area contributed by atoms with Gasteiger partial charge in [-0.25, -0.2) is 13.8 Å². The number of oxime groups is 1. The second-order valence-electron chi connectivity index (χ2n) is 5.81. The van der Waals surface area contributed by atoms with Crippen LogP contribution < -0.4 is 0 Å². The van der Waals surface area contributed by atoms with E-state index in [0.717, 1.165) is 18.9 Å². The number of benzene rings is 1. The molecule has 1 N–H and O–H groups in total. The molecule has 1 saturated carbocycles. The van der Waals surface area contributed by atoms with Crippen molar-refractivity contribution in [1.29, 1.82) is 0 Å². The molecule has 0 spiro atoms. The summed E-state index contributed by atoms with van der Waals surface area (Å²) in [6.45, 7) is 1.60. The molecule has 8 heteroatoms. The lowest BCUT2D eigenvalue weighted by Crippen LogP contribution is -2.03. The zero-order valence-corrected chi connectivity index (χ0v) is 12.7. The van der Waals surface area contributed by atoms with Crippen LogP contribution in [0.5, 0.6) is 0 Å². The molecule has 3 aromatic rings. The van der Waals surface area contributed by atoms with E-state index in [0.29, 0.717) is 33.8 Å². The number of fused-ring (bicyclic) bond motifs is 1. The number of aromatic nitrogens is 4. The van der Waals surface area contributed by atoms with Crippen LogP contribution in [0.15, 0.2) is 29.6 Å². The standard InChI is InChI=1S/C16H13F2N5O/c1-8(22-24)13-4-9(7-19-21-13)16-20-14-5-11(17)12(18)6-15(14)23(16)10-2-3-10/h4-7,10,24H,2-3H2,1H3/b22-8-. The number of halogens is 2. The van der Waals surface area contributed by atoms with Crippen LogP contribution in [0.2, 0.25) is 0 Å². The van der Waals surface area contributed by atoms with Gasteiger partial charge in [-0.2, -0.15) is 5.10 Å². The zero-order valence-electron chi connectivity index (χ0n) is 12.7. The first-order valence-electron chi connectivity index (χ1n) is 7.47. The van der Waals surface area contributed by atoms with Gasteiger partial charge >= 0.3 is 0 Å².